The van der Waals surface area contributed by atoms with Gasteiger partial charge in [-0.1, -0.05) is 0 Å². The first-order chi connectivity index (χ1) is 11.5. The average molecular weight is 338 g/mol. The Morgan fingerprint density at radius 1 is 1.29 bits per heavy atom. The van der Waals surface area contributed by atoms with Gasteiger partial charge in [0.05, 0.1) is 0 Å². The molecule has 7 heteroatoms. The molecule has 1 aromatic rings. The lowest BCUT2D eigenvalue weighted by atomic mass is 9.98. The standard InChI is InChI=1S/C17H24F2N4O/c1-22-12-4-5-13(22)7-11(6-12)20-16(24)9-23-15(10-2-3-10)8-14(21-23)17(18)19/h8,10-13,17H,2-7,9H2,1H3,(H,20,24). The molecule has 0 spiro atoms. The van der Waals surface area contributed by atoms with E-state index >= 15 is 0 Å². The number of rotatable bonds is 5. The van der Waals surface area contributed by atoms with E-state index < -0.39 is 6.43 Å². The Kier molecular flexibility index (Phi) is 4.06. The Hall–Kier alpha value is -1.50. The number of halogens is 2. The van der Waals surface area contributed by atoms with Gasteiger partial charge in [0.2, 0.25) is 5.91 Å². The third kappa shape index (κ3) is 3.06. The average Bonchev–Trinajstić information content (AvgIpc) is 3.25. The first kappa shape index (κ1) is 16.0. The summed E-state index contributed by atoms with van der Waals surface area (Å²) >= 11 is 0. The Morgan fingerprint density at radius 3 is 2.54 bits per heavy atom. The smallest absolute Gasteiger partial charge is 0.282 e. The van der Waals surface area contributed by atoms with Gasteiger partial charge >= 0.3 is 0 Å². The maximum Gasteiger partial charge on any atom is 0.282 e. The summed E-state index contributed by atoms with van der Waals surface area (Å²) < 4.78 is 27.3. The van der Waals surface area contributed by atoms with Crippen molar-refractivity contribution in [1.82, 2.24) is 20.0 Å². The number of hydrogen-bond acceptors (Lipinski definition) is 3. The largest absolute Gasteiger partial charge is 0.352 e. The summed E-state index contributed by atoms with van der Waals surface area (Å²) in [5, 5.41) is 7.06. The number of aromatic nitrogens is 2. The minimum Gasteiger partial charge on any atom is -0.352 e. The molecule has 1 aliphatic carbocycles. The molecule has 2 saturated heterocycles. The molecular formula is C17H24F2N4O. The molecule has 2 atom stereocenters. The van der Waals surface area contributed by atoms with Gasteiger partial charge in [0.15, 0.2) is 0 Å². The summed E-state index contributed by atoms with van der Waals surface area (Å²) in [6.07, 6.45) is 3.77. The van der Waals surface area contributed by atoms with E-state index in [4.69, 9.17) is 0 Å². The molecule has 3 fully saturated rings. The highest BCUT2D eigenvalue weighted by atomic mass is 19.3. The van der Waals surface area contributed by atoms with Crippen molar-refractivity contribution in [2.75, 3.05) is 7.05 Å². The Bertz CT molecular complexity index is 614. The summed E-state index contributed by atoms with van der Waals surface area (Å²) in [4.78, 5) is 14.8. The van der Waals surface area contributed by atoms with Gasteiger partial charge in [-0.05, 0) is 51.6 Å². The van der Waals surface area contributed by atoms with E-state index in [2.05, 4.69) is 22.4 Å². The molecule has 1 N–H and O–H groups in total. The summed E-state index contributed by atoms with van der Waals surface area (Å²) in [6, 6.07) is 2.78. The minimum atomic E-state index is -2.59. The predicted molar refractivity (Wildman–Crippen MR) is 84.9 cm³/mol. The van der Waals surface area contributed by atoms with E-state index in [1.165, 1.54) is 23.6 Å². The third-order valence-corrected chi connectivity index (χ3v) is 5.81. The number of nitrogens with one attached hydrogen (secondary N) is 1. The van der Waals surface area contributed by atoms with Crippen molar-refractivity contribution >= 4 is 5.91 Å². The second-order valence-corrected chi connectivity index (χ2v) is 7.51. The fourth-order valence-electron chi connectivity index (χ4n) is 4.33. The van der Waals surface area contributed by atoms with Crippen LogP contribution in [0.1, 0.15) is 62.3 Å². The second kappa shape index (κ2) is 6.10. The van der Waals surface area contributed by atoms with E-state index in [9.17, 15) is 13.6 Å². The van der Waals surface area contributed by atoms with E-state index in [0.29, 0.717) is 12.1 Å². The summed E-state index contributed by atoms with van der Waals surface area (Å²) in [7, 11) is 2.16. The number of carbonyl (C=O) groups excluding carboxylic acids is 1. The Labute approximate surface area is 140 Å². The highest BCUT2D eigenvalue weighted by Gasteiger charge is 2.39. The Morgan fingerprint density at radius 2 is 1.96 bits per heavy atom. The molecule has 2 bridgehead atoms. The van der Waals surface area contributed by atoms with E-state index in [0.717, 1.165) is 31.4 Å². The van der Waals surface area contributed by atoms with Crippen molar-refractivity contribution in [3.05, 3.63) is 17.5 Å². The van der Waals surface area contributed by atoms with Crippen molar-refractivity contribution in [2.24, 2.45) is 0 Å². The zero-order valence-corrected chi connectivity index (χ0v) is 13.9. The van der Waals surface area contributed by atoms with Crippen LogP contribution < -0.4 is 5.32 Å². The molecule has 4 rings (SSSR count). The predicted octanol–water partition coefficient (Wildman–Crippen LogP) is 2.44. The quantitative estimate of drug-likeness (QED) is 0.897. The first-order valence-electron chi connectivity index (χ1n) is 8.88. The van der Waals surface area contributed by atoms with Gasteiger partial charge in [0.1, 0.15) is 12.2 Å². The van der Waals surface area contributed by atoms with Crippen molar-refractivity contribution in [1.29, 1.82) is 0 Å². The number of nitrogens with zero attached hydrogens (tertiary/aromatic N) is 3. The van der Waals surface area contributed by atoms with Crippen molar-refractivity contribution < 1.29 is 13.6 Å². The number of alkyl halides is 2. The molecule has 3 heterocycles. The molecule has 5 nitrogen and oxygen atoms in total. The van der Waals surface area contributed by atoms with Crippen LogP contribution in [-0.2, 0) is 11.3 Å². The SMILES string of the molecule is CN1C2CCC1CC(NC(=O)Cn1nc(C(F)F)cc1C1CC1)C2. The molecule has 1 saturated carbocycles. The minimum absolute atomic E-state index is 0.0419. The molecule has 1 amide bonds. The number of piperidine rings is 1. The highest BCUT2D eigenvalue weighted by molar-refractivity contribution is 5.76. The lowest BCUT2D eigenvalue weighted by Gasteiger charge is -2.36. The van der Waals surface area contributed by atoms with Gasteiger partial charge in [-0.3, -0.25) is 9.48 Å². The summed E-state index contributed by atoms with van der Waals surface area (Å²) in [6.45, 7) is 0.0419. The zero-order valence-electron chi connectivity index (χ0n) is 13.9. The van der Waals surface area contributed by atoms with Crippen LogP contribution >= 0.6 is 0 Å². The van der Waals surface area contributed by atoms with Crippen LogP contribution in [0.3, 0.4) is 0 Å². The fraction of sp³-hybridized carbons (Fsp3) is 0.765. The molecular weight excluding hydrogens is 314 g/mol. The maximum atomic E-state index is 12.9. The lowest BCUT2D eigenvalue weighted by Crippen LogP contribution is -2.49. The van der Waals surface area contributed by atoms with Crippen molar-refractivity contribution in [3.63, 3.8) is 0 Å². The van der Waals surface area contributed by atoms with Crippen LogP contribution in [0.25, 0.3) is 0 Å². The molecule has 3 aliphatic rings. The summed E-state index contributed by atoms with van der Waals surface area (Å²) in [5.41, 5.74) is 0.561. The van der Waals surface area contributed by atoms with Gasteiger partial charge in [-0.25, -0.2) is 8.78 Å². The van der Waals surface area contributed by atoms with Gasteiger partial charge in [-0.2, -0.15) is 5.10 Å². The van der Waals surface area contributed by atoms with E-state index in [1.807, 2.05) is 0 Å². The fourth-order valence-corrected chi connectivity index (χ4v) is 4.33. The molecule has 0 radical (unpaired) electrons. The third-order valence-electron chi connectivity index (χ3n) is 5.81. The van der Waals surface area contributed by atoms with E-state index in [-0.39, 0.29) is 30.1 Å². The number of amides is 1. The molecule has 2 unspecified atom stereocenters. The zero-order chi connectivity index (χ0) is 16.8. The van der Waals surface area contributed by atoms with Crippen LogP contribution in [0.5, 0.6) is 0 Å². The first-order valence-corrected chi connectivity index (χ1v) is 8.88. The van der Waals surface area contributed by atoms with Gasteiger partial charge in [-0.15, -0.1) is 0 Å². The molecule has 24 heavy (non-hydrogen) atoms. The number of carbonyl (C=O) groups is 1. The van der Waals surface area contributed by atoms with Crippen molar-refractivity contribution in [3.8, 4) is 0 Å². The van der Waals surface area contributed by atoms with Crippen LogP contribution in [0.2, 0.25) is 0 Å². The molecule has 2 aliphatic heterocycles. The van der Waals surface area contributed by atoms with Crippen molar-refractivity contribution in [2.45, 2.75) is 75.5 Å². The van der Waals surface area contributed by atoms with Crippen LogP contribution in [-0.4, -0.2) is 45.8 Å². The van der Waals surface area contributed by atoms with E-state index in [1.54, 1.807) is 0 Å². The molecule has 132 valence electrons. The van der Waals surface area contributed by atoms with Crippen LogP contribution in [0.15, 0.2) is 6.07 Å². The topological polar surface area (TPSA) is 50.2 Å². The second-order valence-electron chi connectivity index (χ2n) is 7.51. The molecule has 1 aromatic heterocycles. The Balaban J connectivity index is 1.39. The van der Waals surface area contributed by atoms with Crippen LogP contribution in [0, 0.1) is 0 Å². The maximum absolute atomic E-state index is 12.9. The normalized spacial score (nSPS) is 30.1. The highest BCUT2D eigenvalue weighted by Crippen LogP contribution is 2.41. The lowest BCUT2D eigenvalue weighted by molar-refractivity contribution is -0.123. The van der Waals surface area contributed by atoms with Crippen LogP contribution in [0.4, 0.5) is 8.78 Å². The number of fused-ring (bicyclic) bond motifs is 2. The van der Waals surface area contributed by atoms with Gasteiger partial charge < -0.3 is 10.2 Å². The molecule has 0 aromatic carbocycles. The van der Waals surface area contributed by atoms with Gasteiger partial charge in [0, 0.05) is 29.7 Å². The summed E-state index contributed by atoms with van der Waals surface area (Å²) in [5.74, 6) is 0.173. The van der Waals surface area contributed by atoms with Gasteiger partial charge in [0.25, 0.3) is 6.43 Å². The number of hydrogen-bond donors (Lipinski definition) is 1. The monoisotopic (exact) mass is 338 g/mol.